The zero-order chi connectivity index (χ0) is 22.9. The maximum absolute atomic E-state index is 13.4. The Morgan fingerprint density at radius 3 is 2.38 bits per heavy atom. The summed E-state index contributed by atoms with van der Waals surface area (Å²) in [5.41, 5.74) is 0.572. The van der Waals surface area contributed by atoms with Crippen LogP contribution < -0.4 is 0 Å². The van der Waals surface area contributed by atoms with E-state index in [0.29, 0.717) is 11.3 Å². The predicted octanol–water partition coefficient (Wildman–Crippen LogP) is 2.54. The van der Waals surface area contributed by atoms with Gasteiger partial charge in [0.05, 0.1) is 9.82 Å². The summed E-state index contributed by atoms with van der Waals surface area (Å²) in [5, 5.41) is 14.6. The van der Waals surface area contributed by atoms with Crippen LogP contribution in [0.4, 0.5) is 10.1 Å². The Hall–Kier alpha value is -3.64. The third kappa shape index (κ3) is 4.22. The molecule has 3 aromatic rings. The topological polar surface area (TPSA) is 127 Å². The Kier molecular flexibility index (Phi) is 5.72. The summed E-state index contributed by atoms with van der Waals surface area (Å²) in [5.74, 6) is -0.924. The zero-order valence-electron chi connectivity index (χ0n) is 16.5. The molecule has 1 amide bonds. The number of amides is 1. The number of nitro groups is 1. The van der Waals surface area contributed by atoms with Gasteiger partial charge in [0.2, 0.25) is 15.8 Å². The van der Waals surface area contributed by atoms with Gasteiger partial charge in [-0.3, -0.25) is 14.9 Å². The van der Waals surface area contributed by atoms with E-state index >= 15 is 0 Å². The molecule has 0 radical (unpaired) electrons. The lowest BCUT2D eigenvalue weighted by Crippen LogP contribution is -2.50. The Bertz CT molecular complexity index is 1270. The third-order valence-corrected chi connectivity index (χ3v) is 6.97. The summed E-state index contributed by atoms with van der Waals surface area (Å²) in [4.78, 5) is 24.3. The van der Waals surface area contributed by atoms with Crippen LogP contribution in [0.15, 0.2) is 64.0 Å². The Balaban J connectivity index is 1.42. The molecule has 0 bridgehead atoms. The number of benzene rings is 2. The lowest BCUT2D eigenvalue weighted by Gasteiger charge is -2.33. The fourth-order valence-corrected chi connectivity index (χ4v) is 4.76. The van der Waals surface area contributed by atoms with Crippen LogP contribution in [0, 0.1) is 15.9 Å². The highest BCUT2D eigenvalue weighted by molar-refractivity contribution is 7.89. The van der Waals surface area contributed by atoms with Crippen LogP contribution in [0.5, 0.6) is 0 Å². The van der Waals surface area contributed by atoms with Crippen molar-refractivity contribution < 1.29 is 27.0 Å². The quantitative estimate of drug-likeness (QED) is 0.423. The highest BCUT2D eigenvalue weighted by Crippen LogP contribution is 2.23. The van der Waals surface area contributed by atoms with Crippen LogP contribution in [0.3, 0.4) is 0 Å². The number of aromatic nitrogens is 1. The Morgan fingerprint density at radius 2 is 1.75 bits per heavy atom. The minimum atomic E-state index is -3.85. The van der Waals surface area contributed by atoms with Gasteiger partial charge in [-0.1, -0.05) is 17.3 Å². The minimum absolute atomic E-state index is 0.0315. The molecule has 0 unspecified atom stereocenters. The van der Waals surface area contributed by atoms with Gasteiger partial charge < -0.3 is 9.42 Å². The number of carbonyl (C=O) groups excluding carboxylic acids is 1. The van der Waals surface area contributed by atoms with E-state index in [0.717, 1.165) is 12.1 Å². The molecule has 166 valence electrons. The standard InChI is InChI=1S/C20H17FN4O6S/c21-15-3-1-2-14(12-15)18-13-19(31-22-18)20(26)23-8-10-24(11-9-23)32(29,30)17-6-4-16(5-7-17)25(27)28/h1-7,12-13H,8-11H2. The van der Waals surface area contributed by atoms with Crippen molar-refractivity contribution in [2.24, 2.45) is 0 Å². The van der Waals surface area contributed by atoms with Crippen LogP contribution in [0.2, 0.25) is 0 Å². The van der Waals surface area contributed by atoms with E-state index in [-0.39, 0.29) is 42.5 Å². The van der Waals surface area contributed by atoms with Crippen molar-refractivity contribution in [3.63, 3.8) is 0 Å². The van der Waals surface area contributed by atoms with Crippen molar-refractivity contribution in [2.75, 3.05) is 26.2 Å². The molecule has 0 N–H and O–H groups in total. The largest absolute Gasteiger partial charge is 0.350 e. The fourth-order valence-electron chi connectivity index (χ4n) is 3.34. The molecule has 0 saturated carbocycles. The number of nitro benzene ring substituents is 1. The number of sulfonamides is 1. The van der Waals surface area contributed by atoms with Crippen molar-refractivity contribution in [1.82, 2.24) is 14.4 Å². The summed E-state index contributed by atoms with van der Waals surface area (Å²) >= 11 is 0. The van der Waals surface area contributed by atoms with Crippen LogP contribution >= 0.6 is 0 Å². The van der Waals surface area contributed by atoms with Crippen molar-refractivity contribution >= 4 is 21.6 Å². The van der Waals surface area contributed by atoms with Crippen LogP contribution in [0.1, 0.15) is 10.6 Å². The smallest absolute Gasteiger partial charge is 0.292 e. The summed E-state index contributed by atoms with van der Waals surface area (Å²) < 4.78 is 45.3. The van der Waals surface area contributed by atoms with Gasteiger partial charge in [-0.2, -0.15) is 4.31 Å². The van der Waals surface area contributed by atoms with Crippen molar-refractivity contribution in [2.45, 2.75) is 4.90 Å². The Morgan fingerprint density at radius 1 is 1.06 bits per heavy atom. The van der Waals surface area contributed by atoms with Crippen molar-refractivity contribution in [3.8, 4) is 11.3 Å². The van der Waals surface area contributed by atoms with Crippen molar-refractivity contribution in [3.05, 3.63) is 76.3 Å². The normalized spacial score (nSPS) is 15.0. The molecule has 12 heteroatoms. The first-order valence-corrected chi connectivity index (χ1v) is 11.0. The Labute approximate surface area is 182 Å². The SMILES string of the molecule is O=C(c1cc(-c2cccc(F)c2)no1)N1CCN(S(=O)(=O)c2ccc([N+](=O)[O-])cc2)CC1. The second-order valence-corrected chi connectivity index (χ2v) is 8.97. The molecular weight excluding hydrogens is 443 g/mol. The van der Waals surface area contributed by atoms with E-state index in [9.17, 15) is 27.7 Å². The fraction of sp³-hybridized carbons (Fsp3) is 0.200. The maximum Gasteiger partial charge on any atom is 0.292 e. The summed E-state index contributed by atoms with van der Waals surface area (Å²) in [6, 6.07) is 11.8. The van der Waals surface area contributed by atoms with Gasteiger partial charge in [0.25, 0.3) is 11.6 Å². The van der Waals surface area contributed by atoms with Gasteiger partial charge in [-0.15, -0.1) is 0 Å². The van der Waals surface area contributed by atoms with E-state index in [1.54, 1.807) is 6.07 Å². The molecule has 1 aliphatic heterocycles. The molecule has 1 aliphatic rings. The number of rotatable bonds is 5. The maximum atomic E-state index is 13.4. The minimum Gasteiger partial charge on any atom is -0.350 e. The van der Waals surface area contributed by atoms with E-state index in [1.165, 1.54) is 45.6 Å². The number of nitrogens with zero attached hydrogens (tertiary/aromatic N) is 4. The van der Waals surface area contributed by atoms with Crippen LogP contribution in [0.25, 0.3) is 11.3 Å². The number of carbonyl (C=O) groups is 1. The number of hydrogen-bond acceptors (Lipinski definition) is 7. The summed E-state index contributed by atoms with van der Waals surface area (Å²) in [6.45, 7) is 0.355. The van der Waals surface area contributed by atoms with E-state index in [2.05, 4.69) is 5.16 Å². The van der Waals surface area contributed by atoms with E-state index in [1.807, 2.05) is 0 Å². The summed E-state index contributed by atoms with van der Waals surface area (Å²) in [7, 11) is -3.85. The number of hydrogen-bond donors (Lipinski definition) is 0. The first-order valence-electron chi connectivity index (χ1n) is 9.52. The van der Waals surface area contributed by atoms with Gasteiger partial charge in [0, 0.05) is 49.9 Å². The van der Waals surface area contributed by atoms with Gasteiger partial charge in [-0.05, 0) is 24.3 Å². The third-order valence-electron chi connectivity index (χ3n) is 5.05. The second kappa shape index (κ2) is 8.48. The highest BCUT2D eigenvalue weighted by atomic mass is 32.2. The number of piperazine rings is 1. The molecule has 0 spiro atoms. The molecule has 1 saturated heterocycles. The molecular formula is C20H17FN4O6S. The second-order valence-electron chi connectivity index (χ2n) is 7.03. The van der Waals surface area contributed by atoms with Gasteiger partial charge in [0.15, 0.2) is 0 Å². The highest BCUT2D eigenvalue weighted by Gasteiger charge is 2.32. The first-order chi connectivity index (χ1) is 15.3. The first kappa shape index (κ1) is 21.6. The average Bonchev–Trinajstić information content (AvgIpc) is 3.29. The van der Waals surface area contributed by atoms with Gasteiger partial charge >= 0.3 is 0 Å². The monoisotopic (exact) mass is 460 g/mol. The lowest BCUT2D eigenvalue weighted by atomic mass is 10.1. The molecule has 2 aromatic carbocycles. The van der Waals surface area contributed by atoms with Crippen LogP contribution in [-0.2, 0) is 10.0 Å². The summed E-state index contributed by atoms with van der Waals surface area (Å²) in [6.07, 6.45) is 0. The molecule has 2 heterocycles. The molecule has 1 fully saturated rings. The number of non-ortho nitro benzene ring substituents is 1. The number of halogens is 1. The van der Waals surface area contributed by atoms with Gasteiger partial charge in [-0.25, -0.2) is 12.8 Å². The lowest BCUT2D eigenvalue weighted by molar-refractivity contribution is -0.384. The molecule has 32 heavy (non-hydrogen) atoms. The predicted molar refractivity (Wildman–Crippen MR) is 110 cm³/mol. The molecule has 0 aliphatic carbocycles. The molecule has 1 aromatic heterocycles. The molecule has 10 nitrogen and oxygen atoms in total. The molecule has 0 atom stereocenters. The van der Waals surface area contributed by atoms with Crippen molar-refractivity contribution in [1.29, 1.82) is 0 Å². The van der Waals surface area contributed by atoms with E-state index < -0.39 is 26.7 Å². The molecule has 4 rings (SSSR count). The average molecular weight is 460 g/mol. The van der Waals surface area contributed by atoms with Crippen LogP contribution in [-0.4, -0.2) is 59.8 Å². The zero-order valence-corrected chi connectivity index (χ0v) is 17.4. The van der Waals surface area contributed by atoms with Gasteiger partial charge in [0.1, 0.15) is 11.5 Å². The van der Waals surface area contributed by atoms with E-state index in [4.69, 9.17) is 4.52 Å².